The lowest BCUT2D eigenvalue weighted by Gasteiger charge is -2.39. The number of likely N-dealkylation sites (N-methyl/N-ethyl adjacent to an activating group) is 1. The number of anilines is 5. The fraction of sp³-hybridized carbons (Fsp3) is 0.286. The minimum atomic E-state index is -0.292. The minimum absolute atomic E-state index is 0.0670. The molecule has 46 heavy (non-hydrogen) atoms. The summed E-state index contributed by atoms with van der Waals surface area (Å²) in [5, 5.41) is 8.17. The molecule has 6 rings (SSSR count). The first-order valence-corrected chi connectivity index (χ1v) is 15.4. The molecule has 0 spiro atoms. The molecule has 0 radical (unpaired) electrons. The van der Waals surface area contributed by atoms with Crippen LogP contribution in [0.4, 0.5) is 28.7 Å². The van der Waals surface area contributed by atoms with Gasteiger partial charge in [-0.15, -0.1) is 0 Å². The minimum Gasteiger partial charge on any atom is -0.494 e. The van der Waals surface area contributed by atoms with Crippen molar-refractivity contribution in [2.45, 2.75) is 25.4 Å². The second kappa shape index (κ2) is 13.9. The van der Waals surface area contributed by atoms with Crippen molar-refractivity contribution in [1.82, 2.24) is 14.9 Å². The Morgan fingerprint density at radius 3 is 2.63 bits per heavy atom. The lowest BCUT2D eigenvalue weighted by atomic mass is 10.0. The molecule has 0 saturated carbocycles. The van der Waals surface area contributed by atoms with Crippen LogP contribution in [-0.2, 0) is 9.63 Å². The number of carbonyl (C=O) groups is 1. The number of hydroxylamine groups is 1. The Bertz CT molecular complexity index is 1690. The molecule has 3 aromatic carbocycles. The number of methoxy groups -OCH3 is 1. The molecule has 11 nitrogen and oxygen atoms in total. The van der Waals surface area contributed by atoms with E-state index in [0.29, 0.717) is 41.4 Å². The van der Waals surface area contributed by atoms with E-state index < -0.39 is 0 Å². The molecule has 0 aliphatic carbocycles. The van der Waals surface area contributed by atoms with Crippen LogP contribution in [0.25, 0.3) is 0 Å². The van der Waals surface area contributed by atoms with Crippen molar-refractivity contribution in [3.63, 3.8) is 0 Å². The van der Waals surface area contributed by atoms with Crippen LogP contribution in [0.2, 0.25) is 0 Å². The Balaban J connectivity index is 1.25. The van der Waals surface area contributed by atoms with E-state index in [2.05, 4.69) is 57.0 Å². The highest BCUT2D eigenvalue weighted by Gasteiger charge is 2.30. The van der Waals surface area contributed by atoms with E-state index in [1.54, 1.807) is 7.11 Å². The maximum atomic E-state index is 12.5. The Hall–Kier alpha value is -5.13. The normalized spacial score (nSPS) is 18.2. The van der Waals surface area contributed by atoms with E-state index in [1.165, 1.54) is 12.4 Å². The third-order valence-corrected chi connectivity index (χ3v) is 8.33. The lowest BCUT2D eigenvalue weighted by molar-refractivity contribution is -0.111. The maximum Gasteiger partial charge on any atom is 0.247 e. The Morgan fingerprint density at radius 1 is 1.02 bits per heavy atom. The molecule has 0 bridgehead atoms. The monoisotopic (exact) mass is 621 g/mol. The Morgan fingerprint density at radius 2 is 1.85 bits per heavy atom. The Kier molecular flexibility index (Phi) is 9.32. The summed E-state index contributed by atoms with van der Waals surface area (Å²) in [7, 11) is 3.75. The zero-order valence-corrected chi connectivity index (χ0v) is 26.3. The first-order chi connectivity index (χ1) is 22.4. The van der Waals surface area contributed by atoms with Crippen molar-refractivity contribution in [1.29, 1.82) is 0 Å². The molecule has 2 aliphatic rings. The van der Waals surface area contributed by atoms with E-state index >= 15 is 0 Å². The third kappa shape index (κ3) is 6.90. The number of nitrogens with zero attached hydrogens (tertiary/aromatic N) is 5. The van der Waals surface area contributed by atoms with Crippen molar-refractivity contribution in [2.24, 2.45) is 0 Å². The van der Waals surface area contributed by atoms with Gasteiger partial charge in [0.25, 0.3) is 0 Å². The summed E-state index contributed by atoms with van der Waals surface area (Å²) in [6.07, 6.45) is 3.55. The summed E-state index contributed by atoms with van der Waals surface area (Å²) in [5.74, 6) is 3.00. The van der Waals surface area contributed by atoms with Gasteiger partial charge in [-0.2, -0.15) is 0 Å². The number of hydrogen-bond donors (Lipinski definition) is 2. The standard InChI is InChI=1S/C35H39N7O4/c1-5-35(43)39-28-19-29(32(44-4)20-31(28)41-16-15-40(3)24(2)22-41)38-33-21-34(37-23-36-33)42-30(14-17-45-42)25-10-9-13-27(18-25)46-26-11-7-6-8-12-26/h5-13,18-21,23-24,30H,1,14-17,22H2,2-4H3,(H,39,43)(H,36,37,38). The molecule has 4 aromatic rings. The maximum absolute atomic E-state index is 12.5. The summed E-state index contributed by atoms with van der Waals surface area (Å²) in [4.78, 5) is 32.1. The van der Waals surface area contributed by atoms with Crippen molar-refractivity contribution in [3.05, 3.63) is 97.3 Å². The fourth-order valence-electron chi connectivity index (χ4n) is 5.73. The van der Waals surface area contributed by atoms with Crippen LogP contribution >= 0.6 is 0 Å². The first-order valence-electron chi connectivity index (χ1n) is 15.4. The number of rotatable bonds is 10. The van der Waals surface area contributed by atoms with Crippen molar-refractivity contribution >= 4 is 34.6 Å². The van der Waals surface area contributed by atoms with Crippen LogP contribution < -0.4 is 30.1 Å². The van der Waals surface area contributed by atoms with Gasteiger partial charge < -0.3 is 29.9 Å². The lowest BCUT2D eigenvalue weighted by Crippen LogP contribution is -2.50. The van der Waals surface area contributed by atoms with Crippen LogP contribution in [0.3, 0.4) is 0 Å². The van der Waals surface area contributed by atoms with Crippen molar-refractivity contribution < 1.29 is 19.1 Å². The summed E-state index contributed by atoms with van der Waals surface area (Å²) in [6.45, 7) is 8.92. The topological polar surface area (TPSA) is 104 Å². The molecular formula is C35H39N7O4. The van der Waals surface area contributed by atoms with Gasteiger partial charge in [-0.25, -0.2) is 15.0 Å². The number of piperazine rings is 1. The third-order valence-electron chi connectivity index (χ3n) is 8.33. The molecule has 238 valence electrons. The number of nitrogens with one attached hydrogen (secondary N) is 2. The molecule has 2 N–H and O–H groups in total. The van der Waals surface area contributed by atoms with Crippen LogP contribution in [0.1, 0.15) is 24.9 Å². The second-order valence-electron chi connectivity index (χ2n) is 11.4. The number of aromatic nitrogens is 2. The molecule has 2 fully saturated rings. The fourth-order valence-corrected chi connectivity index (χ4v) is 5.73. The average molecular weight is 622 g/mol. The summed E-state index contributed by atoms with van der Waals surface area (Å²) in [6, 6.07) is 23.7. The number of amides is 1. The van der Waals surface area contributed by atoms with Crippen LogP contribution in [0, 0.1) is 0 Å². The van der Waals surface area contributed by atoms with Gasteiger partial charge in [-0.05, 0) is 55.9 Å². The molecule has 2 saturated heterocycles. The SMILES string of the molecule is C=CC(=O)Nc1cc(Nc2cc(N3OCCC3c3cccc(Oc4ccccc4)c3)ncn2)c(OC)cc1N1CCN(C)C(C)C1. The van der Waals surface area contributed by atoms with Gasteiger partial charge in [0.05, 0.1) is 36.8 Å². The highest BCUT2D eigenvalue weighted by Crippen LogP contribution is 2.40. The number of ether oxygens (including phenoxy) is 2. The van der Waals surface area contributed by atoms with Gasteiger partial charge >= 0.3 is 0 Å². The van der Waals surface area contributed by atoms with E-state index in [4.69, 9.17) is 14.3 Å². The predicted molar refractivity (Wildman–Crippen MR) is 180 cm³/mol. The average Bonchev–Trinajstić information content (AvgIpc) is 3.57. The molecule has 2 aliphatic heterocycles. The second-order valence-corrected chi connectivity index (χ2v) is 11.4. The highest BCUT2D eigenvalue weighted by atomic mass is 16.7. The number of carbonyl (C=O) groups excluding carboxylic acids is 1. The molecule has 11 heteroatoms. The van der Waals surface area contributed by atoms with Gasteiger partial charge in [-0.3, -0.25) is 9.63 Å². The Labute approximate surface area is 269 Å². The van der Waals surface area contributed by atoms with E-state index in [0.717, 1.165) is 48.8 Å². The van der Waals surface area contributed by atoms with Gasteiger partial charge in [0.1, 0.15) is 29.4 Å². The summed E-state index contributed by atoms with van der Waals surface area (Å²) >= 11 is 0. The van der Waals surface area contributed by atoms with Crippen LogP contribution in [-0.4, -0.2) is 67.2 Å². The molecule has 1 aromatic heterocycles. The number of para-hydroxylation sites is 1. The van der Waals surface area contributed by atoms with Crippen LogP contribution in [0.5, 0.6) is 17.2 Å². The highest BCUT2D eigenvalue weighted by molar-refractivity contribution is 6.02. The van der Waals surface area contributed by atoms with E-state index in [1.807, 2.05) is 71.8 Å². The molecule has 3 heterocycles. The summed E-state index contributed by atoms with van der Waals surface area (Å²) in [5.41, 5.74) is 3.23. The molecular weight excluding hydrogens is 582 g/mol. The van der Waals surface area contributed by atoms with Gasteiger partial charge in [-0.1, -0.05) is 36.9 Å². The van der Waals surface area contributed by atoms with Crippen LogP contribution in [0.15, 0.2) is 91.8 Å². The van der Waals surface area contributed by atoms with Gasteiger partial charge in [0, 0.05) is 44.2 Å². The van der Waals surface area contributed by atoms with Gasteiger partial charge in [0.2, 0.25) is 5.91 Å². The zero-order chi connectivity index (χ0) is 32.0. The molecule has 1 amide bonds. The number of benzene rings is 3. The van der Waals surface area contributed by atoms with Crippen molar-refractivity contribution in [3.8, 4) is 17.2 Å². The van der Waals surface area contributed by atoms with Crippen molar-refractivity contribution in [2.75, 3.05) is 61.0 Å². The molecule has 2 unspecified atom stereocenters. The molecule has 2 atom stereocenters. The number of hydrogen-bond acceptors (Lipinski definition) is 10. The first kappa shape index (κ1) is 30.9. The predicted octanol–water partition coefficient (Wildman–Crippen LogP) is 6.17. The smallest absolute Gasteiger partial charge is 0.247 e. The quantitative estimate of drug-likeness (QED) is 0.200. The van der Waals surface area contributed by atoms with E-state index in [-0.39, 0.29) is 11.9 Å². The largest absolute Gasteiger partial charge is 0.494 e. The zero-order valence-electron chi connectivity index (χ0n) is 26.3. The summed E-state index contributed by atoms with van der Waals surface area (Å²) < 4.78 is 11.9. The van der Waals surface area contributed by atoms with E-state index in [9.17, 15) is 4.79 Å². The van der Waals surface area contributed by atoms with Gasteiger partial charge in [0.15, 0.2) is 5.82 Å².